The lowest BCUT2D eigenvalue weighted by Gasteiger charge is -2.12. The maximum absolute atomic E-state index is 13.4. The van der Waals surface area contributed by atoms with E-state index < -0.39 is 33.3 Å². The van der Waals surface area contributed by atoms with E-state index in [1.165, 1.54) is 0 Å². The molecule has 0 amide bonds. The van der Waals surface area contributed by atoms with E-state index in [4.69, 9.17) is 11.6 Å². The third kappa shape index (κ3) is 5.16. The largest absolute Gasteiger partial charge is 0.416 e. The van der Waals surface area contributed by atoms with Crippen LogP contribution in [-0.4, -0.2) is 20.1 Å². The molecular formula is C11H12ClF4NO2S. The number of hydrogen-bond donors (Lipinski definition) is 1. The summed E-state index contributed by atoms with van der Waals surface area (Å²) in [4.78, 5) is 0. The molecular weight excluding hydrogens is 322 g/mol. The molecule has 1 rings (SSSR count). The number of rotatable bonds is 6. The van der Waals surface area contributed by atoms with Gasteiger partial charge in [0.05, 0.1) is 17.0 Å². The molecule has 0 spiro atoms. The summed E-state index contributed by atoms with van der Waals surface area (Å²) in [7, 11) is -3.91. The van der Waals surface area contributed by atoms with Gasteiger partial charge in [0, 0.05) is 5.88 Å². The average Bonchev–Trinajstić information content (AvgIpc) is 2.30. The summed E-state index contributed by atoms with van der Waals surface area (Å²) in [6, 6.07) is 1.54. The van der Waals surface area contributed by atoms with E-state index in [9.17, 15) is 26.0 Å². The van der Waals surface area contributed by atoms with Crippen LogP contribution in [-0.2, 0) is 16.2 Å². The van der Waals surface area contributed by atoms with Crippen molar-refractivity contribution in [2.75, 3.05) is 16.4 Å². The quantitative estimate of drug-likeness (QED) is 0.491. The molecule has 0 atom stereocenters. The van der Waals surface area contributed by atoms with E-state index in [2.05, 4.69) is 0 Å². The first kappa shape index (κ1) is 17.0. The second kappa shape index (κ2) is 6.62. The van der Waals surface area contributed by atoms with Crippen LogP contribution >= 0.6 is 11.6 Å². The molecule has 114 valence electrons. The van der Waals surface area contributed by atoms with Gasteiger partial charge in [-0.15, -0.1) is 11.6 Å². The van der Waals surface area contributed by atoms with Crippen molar-refractivity contribution in [2.24, 2.45) is 0 Å². The maximum atomic E-state index is 13.4. The van der Waals surface area contributed by atoms with Gasteiger partial charge in [0.1, 0.15) is 5.82 Å². The first-order valence-electron chi connectivity index (χ1n) is 5.59. The molecule has 0 saturated carbocycles. The van der Waals surface area contributed by atoms with Gasteiger partial charge in [-0.2, -0.15) is 13.2 Å². The van der Waals surface area contributed by atoms with E-state index >= 15 is 0 Å². The third-order valence-corrected chi connectivity index (χ3v) is 3.98. The molecule has 0 aliphatic carbocycles. The van der Waals surface area contributed by atoms with Crippen LogP contribution in [0, 0.1) is 5.82 Å². The molecule has 1 aromatic rings. The monoisotopic (exact) mass is 333 g/mol. The van der Waals surface area contributed by atoms with Gasteiger partial charge < -0.3 is 0 Å². The van der Waals surface area contributed by atoms with Crippen molar-refractivity contribution in [3.63, 3.8) is 0 Å². The highest BCUT2D eigenvalue weighted by atomic mass is 35.5. The summed E-state index contributed by atoms with van der Waals surface area (Å²) in [6.45, 7) is 0. The smallest absolute Gasteiger partial charge is 0.281 e. The Hall–Kier alpha value is -1.02. The Labute approximate surface area is 119 Å². The molecule has 1 aromatic carbocycles. The van der Waals surface area contributed by atoms with Crippen LogP contribution in [0.3, 0.4) is 0 Å². The lowest BCUT2D eigenvalue weighted by molar-refractivity contribution is -0.137. The summed E-state index contributed by atoms with van der Waals surface area (Å²) < 4.78 is 75.7. The van der Waals surface area contributed by atoms with Crippen molar-refractivity contribution < 1.29 is 26.0 Å². The molecule has 9 heteroatoms. The zero-order valence-corrected chi connectivity index (χ0v) is 11.7. The van der Waals surface area contributed by atoms with Crippen molar-refractivity contribution in [3.05, 3.63) is 29.6 Å². The van der Waals surface area contributed by atoms with E-state index in [0.717, 1.165) is 0 Å². The summed E-state index contributed by atoms with van der Waals surface area (Å²) in [5.41, 5.74) is -1.84. The van der Waals surface area contributed by atoms with Gasteiger partial charge in [-0.05, 0) is 31.0 Å². The van der Waals surface area contributed by atoms with E-state index in [1.807, 2.05) is 4.72 Å². The van der Waals surface area contributed by atoms with Crippen molar-refractivity contribution in [1.82, 2.24) is 0 Å². The minimum atomic E-state index is -4.67. The van der Waals surface area contributed by atoms with E-state index in [1.54, 1.807) is 0 Å². The minimum Gasteiger partial charge on any atom is -0.281 e. The first-order chi connectivity index (χ1) is 9.15. The Morgan fingerprint density at radius 2 is 1.85 bits per heavy atom. The maximum Gasteiger partial charge on any atom is 0.416 e. The molecule has 3 nitrogen and oxygen atoms in total. The topological polar surface area (TPSA) is 46.2 Å². The van der Waals surface area contributed by atoms with Crippen LogP contribution in [0.1, 0.15) is 18.4 Å². The summed E-state index contributed by atoms with van der Waals surface area (Å²) >= 11 is 5.39. The van der Waals surface area contributed by atoms with Crippen LogP contribution in [0.2, 0.25) is 0 Å². The van der Waals surface area contributed by atoms with Crippen molar-refractivity contribution >= 4 is 27.3 Å². The van der Waals surface area contributed by atoms with Gasteiger partial charge in [0.2, 0.25) is 10.0 Å². The summed E-state index contributed by atoms with van der Waals surface area (Å²) in [5.74, 6) is -1.14. The zero-order chi connectivity index (χ0) is 15.4. The highest BCUT2D eigenvalue weighted by Crippen LogP contribution is 2.32. The molecule has 0 unspecified atom stereocenters. The number of benzene rings is 1. The first-order valence-corrected chi connectivity index (χ1v) is 7.77. The standard InChI is InChI=1S/C11H12ClF4NO2S/c12-5-1-2-6-20(18,19)17-10-7-8(11(14,15)16)3-4-9(10)13/h3-4,7,17H,1-2,5-6H2. The predicted octanol–water partition coefficient (Wildman–Crippen LogP) is 3.61. The van der Waals surface area contributed by atoms with Gasteiger partial charge in [0.25, 0.3) is 0 Å². The fourth-order valence-electron chi connectivity index (χ4n) is 1.38. The highest BCUT2D eigenvalue weighted by Gasteiger charge is 2.31. The molecule has 20 heavy (non-hydrogen) atoms. The van der Waals surface area contributed by atoms with Crippen LogP contribution < -0.4 is 4.72 Å². The Balaban J connectivity index is 2.91. The van der Waals surface area contributed by atoms with Crippen molar-refractivity contribution in [3.8, 4) is 0 Å². The Morgan fingerprint density at radius 1 is 1.20 bits per heavy atom. The molecule has 1 N–H and O–H groups in total. The van der Waals surface area contributed by atoms with Gasteiger partial charge in [0.15, 0.2) is 0 Å². The number of halogens is 5. The molecule has 0 fully saturated rings. The Bertz CT molecular complexity index is 560. The fraction of sp³-hybridized carbons (Fsp3) is 0.455. The van der Waals surface area contributed by atoms with Crippen LogP contribution in [0.25, 0.3) is 0 Å². The number of hydrogen-bond acceptors (Lipinski definition) is 2. The minimum absolute atomic E-state index is 0.236. The summed E-state index contributed by atoms with van der Waals surface area (Å²) in [5, 5.41) is 0. The number of alkyl halides is 4. The molecule has 0 bridgehead atoms. The predicted molar refractivity (Wildman–Crippen MR) is 68.8 cm³/mol. The van der Waals surface area contributed by atoms with E-state index in [-0.39, 0.29) is 18.1 Å². The summed E-state index contributed by atoms with van der Waals surface area (Å²) in [6.07, 6.45) is -4.00. The van der Waals surface area contributed by atoms with E-state index in [0.29, 0.717) is 24.6 Å². The Kier molecular flexibility index (Phi) is 5.64. The van der Waals surface area contributed by atoms with Gasteiger partial charge in [-0.25, -0.2) is 12.8 Å². The second-order valence-corrected chi connectivity index (χ2v) is 6.23. The van der Waals surface area contributed by atoms with Crippen LogP contribution in [0.5, 0.6) is 0 Å². The molecule has 0 aromatic heterocycles. The highest BCUT2D eigenvalue weighted by molar-refractivity contribution is 7.92. The molecule has 0 radical (unpaired) electrons. The molecule has 0 heterocycles. The lowest BCUT2D eigenvalue weighted by Crippen LogP contribution is -2.18. The number of unbranched alkanes of at least 4 members (excludes halogenated alkanes) is 1. The van der Waals surface area contributed by atoms with Crippen molar-refractivity contribution in [1.29, 1.82) is 0 Å². The van der Waals surface area contributed by atoms with Gasteiger partial charge in [-0.3, -0.25) is 4.72 Å². The number of sulfonamides is 1. The zero-order valence-electron chi connectivity index (χ0n) is 10.2. The normalized spacial score (nSPS) is 12.4. The SMILES string of the molecule is O=S(=O)(CCCCCl)Nc1cc(C(F)(F)F)ccc1F. The van der Waals surface area contributed by atoms with Crippen LogP contribution in [0.15, 0.2) is 18.2 Å². The lowest BCUT2D eigenvalue weighted by atomic mass is 10.2. The molecule has 0 aliphatic rings. The third-order valence-electron chi connectivity index (χ3n) is 2.36. The van der Waals surface area contributed by atoms with Crippen LogP contribution in [0.4, 0.5) is 23.2 Å². The van der Waals surface area contributed by atoms with Gasteiger partial charge in [-0.1, -0.05) is 0 Å². The number of nitrogens with one attached hydrogen (secondary N) is 1. The second-order valence-electron chi connectivity index (χ2n) is 4.01. The average molecular weight is 334 g/mol. The number of anilines is 1. The molecule has 0 aliphatic heterocycles. The molecule has 0 saturated heterocycles. The van der Waals surface area contributed by atoms with Crippen molar-refractivity contribution in [2.45, 2.75) is 19.0 Å². The fourth-order valence-corrected chi connectivity index (χ4v) is 2.75. The van der Waals surface area contributed by atoms with Gasteiger partial charge >= 0.3 is 6.18 Å². The Morgan fingerprint density at radius 3 is 2.40 bits per heavy atom.